The first-order valence-corrected chi connectivity index (χ1v) is 9.14. The van der Waals surface area contributed by atoms with Crippen molar-refractivity contribution in [2.75, 3.05) is 38.3 Å². The van der Waals surface area contributed by atoms with E-state index in [-0.39, 0.29) is 12.5 Å². The monoisotopic (exact) mass is 365 g/mol. The number of carbonyl (C=O) groups excluding carboxylic acids is 1. The minimum atomic E-state index is 0.00269. The molecule has 1 saturated heterocycles. The van der Waals surface area contributed by atoms with E-state index in [2.05, 4.69) is 39.5 Å². The molecule has 0 aliphatic carbocycles. The van der Waals surface area contributed by atoms with Crippen LogP contribution >= 0.6 is 0 Å². The minimum absolute atomic E-state index is 0.00269. The molecule has 7 nitrogen and oxygen atoms in total. The number of rotatable bonds is 5. The number of hydrogen-bond donors (Lipinski definition) is 0. The second-order valence-electron chi connectivity index (χ2n) is 6.75. The highest BCUT2D eigenvalue weighted by Crippen LogP contribution is 2.17. The van der Waals surface area contributed by atoms with Gasteiger partial charge in [-0.15, -0.1) is 5.10 Å². The van der Waals surface area contributed by atoms with Crippen LogP contribution < -0.4 is 4.90 Å². The van der Waals surface area contributed by atoms with Gasteiger partial charge in [-0.25, -0.2) is 4.68 Å². The third-order valence-corrected chi connectivity index (χ3v) is 4.86. The summed E-state index contributed by atoms with van der Waals surface area (Å²) in [6.07, 6.45) is 0. The van der Waals surface area contributed by atoms with Crippen LogP contribution in [0.2, 0.25) is 0 Å². The largest absolute Gasteiger partial charge is 0.378 e. The number of para-hydroxylation sites is 1. The highest BCUT2D eigenvalue weighted by atomic mass is 16.5. The topological polar surface area (TPSA) is 63.5 Å². The number of carbonyl (C=O) groups is 1. The van der Waals surface area contributed by atoms with Gasteiger partial charge in [0, 0.05) is 32.4 Å². The van der Waals surface area contributed by atoms with E-state index in [9.17, 15) is 4.79 Å². The van der Waals surface area contributed by atoms with Crippen LogP contribution in [-0.4, -0.2) is 59.2 Å². The molecule has 0 unspecified atom stereocenters. The zero-order valence-electron chi connectivity index (χ0n) is 15.4. The fourth-order valence-electron chi connectivity index (χ4n) is 3.28. The lowest BCUT2D eigenvalue weighted by Crippen LogP contribution is -2.36. The molecule has 0 saturated carbocycles. The molecule has 1 amide bonds. The highest BCUT2D eigenvalue weighted by Gasteiger charge is 2.14. The van der Waals surface area contributed by atoms with Crippen LogP contribution in [-0.2, 0) is 22.6 Å². The number of fused-ring (bicyclic) bond motifs is 1. The second kappa shape index (κ2) is 7.75. The van der Waals surface area contributed by atoms with E-state index in [0.29, 0.717) is 6.54 Å². The summed E-state index contributed by atoms with van der Waals surface area (Å²) >= 11 is 0. The number of nitrogens with zero attached hydrogens (tertiary/aromatic N) is 5. The average Bonchev–Trinajstić information content (AvgIpc) is 3.12. The maximum atomic E-state index is 12.6. The number of hydrogen-bond acceptors (Lipinski definition) is 5. The number of morpholine rings is 1. The molecule has 1 aliphatic rings. The van der Waals surface area contributed by atoms with Crippen molar-refractivity contribution in [1.82, 2.24) is 19.9 Å². The smallest absolute Gasteiger partial charge is 0.244 e. The lowest BCUT2D eigenvalue weighted by atomic mass is 10.1. The van der Waals surface area contributed by atoms with Crippen LogP contribution in [0.5, 0.6) is 0 Å². The Hall–Kier alpha value is -2.93. The van der Waals surface area contributed by atoms with Crippen LogP contribution in [0.3, 0.4) is 0 Å². The molecule has 0 atom stereocenters. The summed E-state index contributed by atoms with van der Waals surface area (Å²) in [5.41, 5.74) is 3.97. The Labute approximate surface area is 158 Å². The lowest BCUT2D eigenvalue weighted by Gasteiger charge is -2.29. The van der Waals surface area contributed by atoms with E-state index in [1.54, 1.807) is 9.58 Å². The number of likely N-dealkylation sites (N-methyl/N-ethyl adjacent to an activating group) is 1. The van der Waals surface area contributed by atoms with Gasteiger partial charge in [0.15, 0.2) is 0 Å². The van der Waals surface area contributed by atoms with Crippen LogP contribution in [0.25, 0.3) is 11.0 Å². The molecule has 2 heterocycles. The van der Waals surface area contributed by atoms with E-state index < -0.39 is 0 Å². The van der Waals surface area contributed by atoms with E-state index in [1.807, 2.05) is 31.3 Å². The SMILES string of the molecule is CN(Cc1ccc(N2CCOCC2)cc1)C(=O)Cn1nnc2ccccc21. The predicted octanol–water partition coefficient (Wildman–Crippen LogP) is 1.93. The van der Waals surface area contributed by atoms with Crippen molar-refractivity contribution in [2.24, 2.45) is 0 Å². The van der Waals surface area contributed by atoms with Gasteiger partial charge in [-0.1, -0.05) is 29.5 Å². The van der Waals surface area contributed by atoms with Gasteiger partial charge < -0.3 is 14.5 Å². The molecule has 0 radical (unpaired) electrons. The van der Waals surface area contributed by atoms with Gasteiger partial charge in [0.05, 0.1) is 18.7 Å². The zero-order chi connectivity index (χ0) is 18.6. The zero-order valence-corrected chi connectivity index (χ0v) is 15.4. The van der Waals surface area contributed by atoms with E-state index >= 15 is 0 Å². The minimum Gasteiger partial charge on any atom is -0.378 e. The molecule has 1 aromatic heterocycles. The first-order valence-electron chi connectivity index (χ1n) is 9.14. The Kier molecular flexibility index (Phi) is 5.02. The Morgan fingerprint density at radius 1 is 1.11 bits per heavy atom. The first-order chi connectivity index (χ1) is 13.2. The maximum Gasteiger partial charge on any atom is 0.244 e. The molecule has 0 N–H and O–H groups in total. The molecule has 27 heavy (non-hydrogen) atoms. The van der Waals surface area contributed by atoms with Crippen molar-refractivity contribution >= 4 is 22.6 Å². The molecule has 1 aliphatic heterocycles. The summed E-state index contributed by atoms with van der Waals surface area (Å²) in [5.74, 6) is 0.00269. The summed E-state index contributed by atoms with van der Waals surface area (Å²) in [6.45, 7) is 4.14. The maximum absolute atomic E-state index is 12.6. The molecular formula is C20H23N5O2. The molecule has 1 fully saturated rings. The molecule has 0 bridgehead atoms. The number of amides is 1. The summed E-state index contributed by atoms with van der Waals surface area (Å²) < 4.78 is 7.04. The molecule has 7 heteroatoms. The molecule has 140 valence electrons. The molecule has 2 aromatic carbocycles. The van der Waals surface area contributed by atoms with Crippen LogP contribution in [0.15, 0.2) is 48.5 Å². The van der Waals surface area contributed by atoms with Crippen molar-refractivity contribution in [3.8, 4) is 0 Å². The second-order valence-corrected chi connectivity index (χ2v) is 6.75. The summed E-state index contributed by atoms with van der Waals surface area (Å²) in [4.78, 5) is 16.6. The lowest BCUT2D eigenvalue weighted by molar-refractivity contribution is -0.131. The Morgan fingerprint density at radius 2 is 1.85 bits per heavy atom. The van der Waals surface area contributed by atoms with Gasteiger partial charge in [-0.2, -0.15) is 0 Å². The molecule has 0 spiro atoms. The number of aromatic nitrogens is 3. The van der Waals surface area contributed by atoms with E-state index in [4.69, 9.17) is 4.74 Å². The van der Waals surface area contributed by atoms with Crippen LogP contribution in [0.4, 0.5) is 5.69 Å². The third-order valence-electron chi connectivity index (χ3n) is 4.86. The highest BCUT2D eigenvalue weighted by molar-refractivity contribution is 5.79. The van der Waals surface area contributed by atoms with E-state index in [1.165, 1.54) is 5.69 Å². The summed E-state index contributed by atoms with van der Waals surface area (Å²) in [7, 11) is 1.82. The summed E-state index contributed by atoms with van der Waals surface area (Å²) in [5, 5.41) is 8.19. The van der Waals surface area contributed by atoms with Crippen molar-refractivity contribution < 1.29 is 9.53 Å². The third kappa shape index (κ3) is 3.93. The van der Waals surface area contributed by atoms with Crippen molar-refractivity contribution in [2.45, 2.75) is 13.1 Å². The average molecular weight is 365 g/mol. The fourth-order valence-corrected chi connectivity index (χ4v) is 3.28. The Bertz CT molecular complexity index is 916. The van der Waals surface area contributed by atoms with Crippen LogP contribution in [0.1, 0.15) is 5.56 Å². The fraction of sp³-hybridized carbons (Fsp3) is 0.350. The van der Waals surface area contributed by atoms with Crippen molar-refractivity contribution in [1.29, 1.82) is 0 Å². The Balaban J connectivity index is 1.38. The normalized spacial score (nSPS) is 14.5. The van der Waals surface area contributed by atoms with Gasteiger partial charge >= 0.3 is 0 Å². The van der Waals surface area contributed by atoms with Crippen molar-refractivity contribution in [3.63, 3.8) is 0 Å². The summed E-state index contributed by atoms with van der Waals surface area (Å²) in [6, 6.07) is 16.0. The number of anilines is 1. The van der Waals surface area contributed by atoms with Crippen LogP contribution in [0, 0.1) is 0 Å². The van der Waals surface area contributed by atoms with Gasteiger partial charge in [0.25, 0.3) is 0 Å². The molecule has 4 rings (SSSR count). The molecule has 3 aromatic rings. The van der Waals surface area contributed by atoms with Gasteiger partial charge in [0.1, 0.15) is 12.1 Å². The van der Waals surface area contributed by atoms with E-state index in [0.717, 1.165) is 42.9 Å². The van der Waals surface area contributed by atoms with Gasteiger partial charge in [-0.3, -0.25) is 4.79 Å². The first kappa shape index (κ1) is 17.5. The molecular weight excluding hydrogens is 342 g/mol. The quantitative estimate of drug-likeness (QED) is 0.691. The number of benzene rings is 2. The van der Waals surface area contributed by atoms with Crippen molar-refractivity contribution in [3.05, 3.63) is 54.1 Å². The van der Waals surface area contributed by atoms with Gasteiger partial charge in [-0.05, 0) is 29.8 Å². The van der Waals surface area contributed by atoms with Gasteiger partial charge in [0.2, 0.25) is 5.91 Å². The standard InChI is InChI=1S/C20H23N5O2/c1-23(20(26)15-25-19-5-3-2-4-18(19)21-22-25)14-16-6-8-17(9-7-16)24-10-12-27-13-11-24/h2-9H,10-15H2,1H3. The number of ether oxygens (including phenoxy) is 1. The Morgan fingerprint density at radius 3 is 2.63 bits per heavy atom. The predicted molar refractivity (Wildman–Crippen MR) is 103 cm³/mol.